The minimum Gasteiger partial charge on any atom is -0.354 e. The Morgan fingerprint density at radius 3 is 2.09 bits per heavy atom. The third-order valence-corrected chi connectivity index (χ3v) is 3.91. The average molecular weight is 302 g/mol. The van der Waals surface area contributed by atoms with Crippen molar-refractivity contribution in [3.63, 3.8) is 0 Å². The van der Waals surface area contributed by atoms with E-state index in [-0.39, 0.29) is 35.1 Å². The monoisotopic (exact) mass is 302 g/mol. The van der Waals surface area contributed by atoms with Crippen molar-refractivity contribution in [1.82, 2.24) is 5.32 Å². The molecule has 0 spiro atoms. The summed E-state index contributed by atoms with van der Waals surface area (Å²) in [4.78, 5) is 24.0. The van der Waals surface area contributed by atoms with E-state index in [1.165, 1.54) is 5.56 Å². The zero-order valence-corrected chi connectivity index (χ0v) is 14.1. The molecule has 0 bridgehead atoms. The van der Waals surface area contributed by atoms with Gasteiger partial charge in [0, 0.05) is 11.7 Å². The Bertz CT molecular complexity index is 555. The molecule has 1 fully saturated rings. The molecule has 4 heteroatoms. The van der Waals surface area contributed by atoms with E-state index >= 15 is 0 Å². The maximum atomic E-state index is 12.2. The van der Waals surface area contributed by atoms with Gasteiger partial charge in [-0.3, -0.25) is 9.59 Å². The maximum absolute atomic E-state index is 12.2. The highest BCUT2D eigenvalue weighted by Crippen LogP contribution is 2.39. The second kappa shape index (κ2) is 6.11. The molecule has 1 saturated carbocycles. The van der Waals surface area contributed by atoms with Crippen LogP contribution in [0.5, 0.6) is 0 Å². The van der Waals surface area contributed by atoms with Crippen LogP contribution in [-0.2, 0) is 15.0 Å². The van der Waals surface area contributed by atoms with Crippen LogP contribution < -0.4 is 10.6 Å². The Labute approximate surface area is 132 Å². The van der Waals surface area contributed by atoms with E-state index in [4.69, 9.17) is 0 Å². The number of rotatable bonds is 4. The molecule has 2 amide bonds. The van der Waals surface area contributed by atoms with Gasteiger partial charge in [0.2, 0.25) is 11.8 Å². The minimum absolute atomic E-state index is 0.0155. The van der Waals surface area contributed by atoms with Crippen molar-refractivity contribution >= 4 is 17.5 Å². The second-order valence-corrected chi connectivity index (χ2v) is 7.43. The normalized spacial score (nSPS) is 20.6. The molecule has 22 heavy (non-hydrogen) atoms. The van der Waals surface area contributed by atoms with Gasteiger partial charge in [-0.15, -0.1) is 0 Å². The lowest BCUT2D eigenvalue weighted by atomic mass is 9.87. The number of carbonyl (C=O) groups excluding carboxylic acids is 2. The van der Waals surface area contributed by atoms with E-state index < -0.39 is 0 Å². The minimum atomic E-state index is -0.193. The maximum Gasteiger partial charge on any atom is 0.228 e. The van der Waals surface area contributed by atoms with Crippen LogP contribution >= 0.6 is 0 Å². The molecule has 4 nitrogen and oxygen atoms in total. The molecular formula is C18H26N2O2. The largest absolute Gasteiger partial charge is 0.354 e. The average Bonchev–Trinajstić information content (AvgIpc) is 3.17. The lowest BCUT2D eigenvalue weighted by Crippen LogP contribution is -2.32. The molecule has 2 N–H and O–H groups in total. The number of amides is 2. The van der Waals surface area contributed by atoms with Gasteiger partial charge in [0.05, 0.1) is 11.8 Å². The Balaban J connectivity index is 1.90. The van der Waals surface area contributed by atoms with Crippen LogP contribution in [0.3, 0.4) is 0 Å². The summed E-state index contributed by atoms with van der Waals surface area (Å²) < 4.78 is 0. The van der Waals surface area contributed by atoms with Crippen LogP contribution in [0.4, 0.5) is 5.69 Å². The number of anilines is 1. The van der Waals surface area contributed by atoms with Crippen LogP contribution in [0.15, 0.2) is 24.3 Å². The summed E-state index contributed by atoms with van der Waals surface area (Å²) in [6, 6.07) is 8.02. The molecule has 0 heterocycles. The van der Waals surface area contributed by atoms with Gasteiger partial charge < -0.3 is 10.6 Å². The van der Waals surface area contributed by atoms with Crippen LogP contribution in [0, 0.1) is 11.8 Å². The quantitative estimate of drug-likeness (QED) is 0.898. The fourth-order valence-electron chi connectivity index (χ4n) is 2.45. The first kappa shape index (κ1) is 16.5. The Hall–Kier alpha value is -1.84. The second-order valence-electron chi connectivity index (χ2n) is 7.43. The van der Waals surface area contributed by atoms with Crippen molar-refractivity contribution in [1.29, 1.82) is 0 Å². The van der Waals surface area contributed by atoms with Gasteiger partial charge in [0.25, 0.3) is 0 Å². The SMILES string of the molecule is CC(C)NC(=O)C1CC1C(=O)Nc1ccc(C(C)(C)C)cc1. The molecule has 2 unspecified atom stereocenters. The third kappa shape index (κ3) is 4.09. The smallest absolute Gasteiger partial charge is 0.228 e. The predicted octanol–water partition coefficient (Wildman–Crippen LogP) is 3.08. The zero-order valence-electron chi connectivity index (χ0n) is 14.1. The summed E-state index contributed by atoms with van der Waals surface area (Å²) in [7, 11) is 0. The fraction of sp³-hybridized carbons (Fsp3) is 0.556. The van der Waals surface area contributed by atoms with Crippen LogP contribution in [-0.4, -0.2) is 17.9 Å². The molecular weight excluding hydrogens is 276 g/mol. The van der Waals surface area contributed by atoms with Gasteiger partial charge >= 0.3 is 0 Å². The van der Waals surface area contributed by atoms with Gasteiger partial charge in [-0.2, -0.15) is 0 Å². The van der Waals surface area contributed by atoms with Gasteiger partial charge in [-0.05, 0) is 43.4 Å². The number of nitrogens with one attached hydrogen (secondary N) is 2. The van der Waals surface area contributed by atoms with Gasteiger partial charge in [-0.25, -0.2) is 0 Å². The van der Waals surface area contributed by atoms with Gasteiger partial charge in [0.15, 0.2) is 0 Å². The number of carbonyl (C=O) groups is 2. The molecule has 1 aromatic rings. The molecule has 1 aliphatic rings. The van der Waals surface area contributed by atoms with E-state index in [1.54, 1.807) is 0 Å². The molecule has 2 atom stereocenters. The Morgan fingerprint density at radius 2 is 1.59 bits per heavy atom. The molecule has 2 rings (SSSR count). The van der Waals surface area contributed by atoms with Crippen molar-refractivity contribution in [2.75, 3.05) is 5.32 Å². The molecule has 120 valence electrons. The standard InChI is InChI=1S/C18H26N2O2/c1-11(2)19-16(21)14-10-15(14)17(22)20-13-8-6-12(7-9-13)18(3,4)5/h6-9,11,14-15H,10H2,1-5H3,(H,19,21)(H,20,22). The third-order valence-electron chi connectivity index (χ3n) is 3.91. The number of hydrogen-bond acceptors (Lipinski definition) is 2. The summed E-state index contributed by atoms with van der Waals surface area (Å²) in [5.41, 5.74) is 2.11. The molecule has 1 aliphatic carbocycles. The highest BCUT2D eigenvalue weighted by atomic mass is 16.2. The van der Waals surface area contributed by atoms with Gasteiger partial charge in [0.1, 0.15) is 0 Å². The molecule has 0 aliphatic heterocycles. The molecule has 1 aromatic carbocycles. The van der Waals surface area contributed by atoms with E-state index in [0.29, 0.717) is 6.42 Å². The fourth-order valence-corrected chi connectivity index (χ4v) is 2.45. The highest BCUT2D eigenvalue weighted by Gasteiger charge is 2.48. The van der Waals surface area contributed by atoms with Crippen molar-refractivity contribution in [2.24, 2.45) is 11.8 Å². The van der Waals surface area contributed by atoms with E-state index in [9.17, 15) is 9.59 Å². The Kier molecular flexibility index (Phi) is 4.59. The summed E-state index contributed by atoms with van der Waals surface area (Å²) in [6.45, 7) is 10.3. The Morgan fingerprint density at radius 1 is 1.05 bits per heavy atom. The van der Waals surface area contributed by atoms with Crippen LogP contribution in [0.25, 0.3) is 0 Å². The van der Waals surface area contributed by atoms with E-state index in [1.807, 2.05) is 38.1 Å². The lowest BCUT2D eigenvalue weighted by Gasteiger charge is -2.19. The van der Waals surface area contributed by atoms with E-state index in [0.717, 1.165) is 5.69 Å². The summed E-state index contributed by atoms with van der Waals surface area (Å²) in [5.74, 6) is -0.442. The first-order valence-corrected chi connectivity index (χ1v) is 7.90. The van der Waals surface area contributed by atoms with Crippen molar-refractivity contribution in [3.8, 4) is 0 Å². The number of benzene rings is 1. The first-order valence-electron chi connectivity index (χ1n) is 7.90. The summed E-state index contributed by atoms with van der Waals surface area (Å²) in [6.07, 6.45) is 0.643. The van der Waals surface area contributed by atoms with Crippen molar-refractivity contribution in [2.45, 2.75) is 52.5 Å². The van der Waals surface area contributed by atoms with Gasteiger partial charge in [-0.1, -0.05) is 32.9 Å². The predicted molar refractivity (Wildman–Crippen MR) is 88.6 cm³/mol. The first-order chi connectivity index (χ1) is 10.2. The summed E-state index contributed by atoms with van der Waals surface area (Å²) in [5, 5.41) is 5.76. The molecule has 0 aromatic heterocycles. The van der Waals surface area contributed by atoms with Crippen molar-refractivity contribution in [3.05, 3.63) is 29.8 Å². The molecule has 0 radical (unpaired) electrons. The lowest BCUT2D eigenvalue weighted by molar-refractivity contribution is -0.125. The van der Waals surface area contributed by atoms with Crippen LogP contribution in [0.2, 0.25) is 0 Å². The highest BCUT2D eigenvalue weighted by molar-refractivity contribution is 5.99. The number of hydrogen-bond donors (Lipinski definition) is 2. The topological polar surface area (TPSA) is 58.2 Å². The molecule has 0 saturated heterocycles. The van der Waals surface area contributed by atoms with Crippen LogP contribution in [0.1, 0.15) is 46.6 Å². The zero-order chi connectivity index (χ0) is 16.5. The summed E-state index contributed by atoms with van der Waals surface area (Å²) >= 11 is 0. The van der Waals surface area contributed by atoms with E-state index in [2.05, 4.69) is 31.4 Å². The van der Waals surface area contributed by atoms with Crippen molar-refractivity contribution < 1.29 is 9.59 Å².